The summed E-state index contributed by atoms with van der Waals surface area (Å²) in [6.07, 6.45) is 3.11. The molecule has 0 fully saturated rings. The van der Waals surface area contributed by atoms with Crippen LogP contribution in [0.2, 0.25) is 0 Å². The minimum absolute atomic E-state index is 0.00982. The van der Waals surface area contributed by atoms with Gasteiger partial charge in [0, 0.05) is 38.6 Å². The van der Waals surface area contributed by atoms with E-state index in [0.29, 0.717) is 5.56 Å². The summed E-state index contributed by atoms with van der Waals surface area (Å²) in [4.78, 5) is 11.8. The molecule has 4 nitrogen and oxygen atoms in total. The molecule has 0 aromatic heterocycles. The Hall–Kier alpha value is -1.55. The number of amides is 1. The van der Waals surface area contributed by atoms with E-state index in [0.717, 1.165) is 38.1 Å². The third-order valence-corrected chi connectivity index (χ3v) is 2.75. The predicted octanol–water partition coefficient (Wildman–Crippen LogP) is 2.27. The van der Waals surface area contributed by atoms with Gasteiger partial charge in [-0.25, -0.2) is 0 Å². The molecule has 4 heteroatoms. The molecule has 0 unspecified atom stereocenters. The zero-order valence-electron chi connectivity index (χ0n) is 11.2. The lowest BCUT2D eigenvalue weighted by Gasteiger charge is -2.06. The van der Waals surface area contributed by atoms with Crippen LogP contribution in [-0.4, -0.2) is 33.2 Å². The molecular formula is C14H22N2O2. The van der Waals surface area contributed by atoms with Crippen LogP contribution in [0, 0.1) is 0 Å². The zero-order chi connectivity index (χ0) is 13.2. The van der Waals surface area contributed by atoms with E-state index >= 15 is 0 Å². The Morgan fingerprint density at radius 2 is 1.89 bits per heavy atom. The number of benzene rings is 1. The fourth-order valence-corrected chi connectivity index (χ4v) is 1.64. The number of nitrogens with one attached hydrogen (secondary N) is 2. The van der Waals surface area contributed by atoms with Gasteiger partial charge in [0.15, 0.2) is 0 Å². The van der Waals surface area contributed by atoms with Crippen molar-refractivity contribution in [2.45, 2.75) is 19.3 Å². The van der Waals surface area contributed by atoms with Crippen molar-refractivity contribution in [3.8, 4) is 0 Å². The summed E-state index contributed by atoms with van der Waals surface area (Å²) in [5, 5.41) is 5.93. The monoisotopic (exact) mass is 250 g/mol. The van der Waals surface area contributed by atoms with Gasteiger partial charge in [-0.3, -0.25) is 4.79 Å². The summed E-state index contributed by atoms with van der Waals surface area (Å²) in [6.45, 7) is 1.51. The lowest BCUT2D eigenvalue weighted by Crippen LogP contribution is -2.24. The second kappa shape index (κ2) is 8.53. The van der Waals surface area contributed by atoms with Gasteiger partial charge < -0.3 is 15.4 Å². The van der Waals surface area contributed by atoms with Gasteiger partial charge in [0.25, 0.3) is 5.91 Å². The Kier molecular flexibility index (Phi) is 6.87. The maximum Gasteiger partial charge on any atom is 0.251 e. The van der Waals surface area contributed by atoms with Gasteiger partial charge in [0.1, 0.15) is 0 Å². The summed E-state index contributed by atoms with van der Waals surface area (Å²) in [7, 11) is 3.56. The molecule has 0 spiro atoms. The Morgan fingerprint density at radius 3 is 2.50 bits per heavy atom. The van der Waals surface area contributed by atoms with Crippen molar-refractivity contribution in [3.05, 3.63) is 29.8 Å². The Balaban J connectivity index is 2.23. The average molecular weight is 250 g/mol. The van der Waals surface area contributed by atoms with Crippen molar-refractivity contribution >= 4 is 11.6 Å². The van der Waals surface area contributed by atoms with Crippen molar-refractivity contribution in [1.29, 1.82) is 0 Å². The molecule has 0 saturated carbocycles. The van der Waals surface area contributed by atoms with Crippen LogP contribution < -0.4 is 10.6 Å². The molecule has 100 valence electrons. The third-order valence-electron chi connectivity index (χ3n) is 2.75. The van der Waals surface area contributed by atoms with E-state index in [9.17, 15) is 4.79 Å². The summed E-state index contributed by atoms with van der Waals surface area (Å²) in [5.74, 6) is -0.00982. The topological polar surface area (TPSA) is 50.4 Å². The van der Waals surface area contributed by atoms with Gasteiger partial charge in [-0.2, -0.15) is 0 Å². The number of ether oxygens (including phenoxy) is 1. The molecular weight excluding hydrogens is 228 g/mol. The van der Waals surface area contributed by atoms with Gasteiger partial charge in [-0.1, -0.05) is 0 Å². The van der Waals surface area contributed by atoms with Crippen LogP contribution in [-0.2, 0) is 4.74 Å². The number of methoxy groups -OCH3 is 1. The Morgan fingerprint density at radius 1 is 1.17 bits per heavy atom. The quantitative estimate of drug-likeness (QED) is 0.696. The largest absolute Gasteiger partial charge is 0.388 e. The number of unbranched alkanes of at least 4 members (excludes halogenated alkanes) is 2. The first-order valence-electron chi connectivity index (χ1n) is 6.33. The van der Waals surface area contributed by atoms with Crippen molar-refractivity contribution in [3.63, 3.8) is 0 Å². The summed E-state index contributed by atoms with van der Waals surface area (Å²) >= 11 is 0. The molecule has 0 aliphatic carbocycles. The highest BCUT2D eigenvalue weighted by Crippen LogP contribution is 2.08. The molecule has 1 amide bonds. The number of rotatable bonds is 8. The molecule has 0 radical (unpaired) electrons. The van der Waals surface area contributed by atoms with Crippen molar-refractivity contribution < 1.29 is 9.53 Å². The number of hydrogen-bond donors (Lipinski definition) is 2. The van der Waals surface area contributed by atoms with Crippen LogP contribution in [0.25, 0.3) is 0 Å². The fraction of sp³-hybridized carbons (Fsp3) is 0.500. The number of hydrogen-bond acceptors (Lipinski definition) is 3. The average Bonchev–Trinajstić information content (AvgIpc) is 2.42. The molecule has 0 saturated heterocycles. The lowest BCUT2D eigenvalue weighted by molar-refractivity contribution is 0.0952. The smallest absolute Gasteiger partial charge is 0.251 e. The minimum Gasteiger partial charge on any atom is -0.388 e. The van der Waals surface area contributed by atoms with Gasteiger partial charge in [-0.15, -0.1) is 0 Å². The maximum atomic E-state index is 11.8. The number of carbonyl (C=O) groups is 1. The summed E-state index contributed by atoms with van der Waals surface area (Å²) in [5.41, 5.74) is 1.71. The Labute approximate surface area is 109 Å². The molecule has 0 heterocycles. The van der Waals surface area contributed by atoms with E-state index < -0.39 is 0 Å². The molecule has 0 aliphatic rings. The molecule has 18 heavy (non-hydrogen) atoms. The van der Waals surface area contributed by atoms with Crippen LogP contribution in [0.4, 0.5) is 5.69 Å². The van der Waals surface area contributed by atoms with Crippen molar-refractivity contribution in [2.75, 3.05) is 32.6 Å². The minimum atomic E-state index is -0.00982. The molecule has 1 aromatic rings. The highest BCUT2D eigenvalue weighted by atomic mass is 16.5. The highest BCUT2D eigenvalue weighted by Gasteiger charge is 2.03. The molecule has 0 bridgehead atoms. The van der Waals surface area contributed by atoms with E-state index in [1.54, 1.807) is 7.11 Å². The SMILES string of the molecule is CNc1ccc(C(=O)NCCCCCOC)cc1. The van der Waals surface area contributed by atoms with E-state index in [2.05, 4.69) is 10.6 Å². The number of carbonyl (C=O) groups excluding carboxylic acids is 1. The van der Waals surface area contributed by atoms with Gasteiger partial charge in [0.2, 0.25) is 0 Å². The molecule has 2 N–H and O–H groups in total. The van der Waals surface area contributed by atoms with Crippen LogP contribution in [0.15, 0.2) is 24.3 Å². The van der Waals surface area contributed by atoms with Crippen LogP contribution in [0.1, 0.15) is 29.6 Å². The van der Waals surface area contributed by atoms with Crippen LogP contribution >= 0.6 is 0 Å². The van der Waals surface area contributed by atoms with Crippen LogP contribution in [0.5, 0.6) is 0 Å². The standard InChI is InChI=1S/C14H22N2O2/c1-15-13-8-6-12(7-9-13)14(17)16-10-4-3-5-11-18-2/h6-9,15H,3-5,10-11H2,1-2H3,(H,16,17). The molecule has 0 aliphatic heterocycles. The van der Waals surface area contributed by atoms with E-state index in [4.69, 9.17) is 4.74 Å². The second-order valence-corrected chi connectivity index (χ2v) is 4.14. The van der Waals surface area contributed by atoms with Crippen LogP contribution in [0.3, 0.4) is 0 Å². The summed E-state index contributed by atoms with van der Waals surface area (Å²) < 4.78 is 4.97. The lowest BCUT2D eigenvalue weighted by atomic mass is 10.2. The second-order valence-electron chi connectivity index (χ2n) is 4.14. The van der Waals surface area contributed by atoms with Gasteiger partial charge >= 0.3 is 0 Å². The van der Waals surface area contributed by atoms with Gasteiger partial charge in [0.05, 0.1) is 0 Å². The molecule has 1 rings (SSSR count). The normalized spacial score (nSPS) is 10.1. The van der Waals surface area contributed by atoms with E-state index in [1.807, 2.05) is 31.3 Å². The maximum absolute atomic E-state index is 11.8. The Bertz CT molecular complexity index is 349. The molecule has 0 atom stereocenters. The van der Waals surface area contributed by atoms with Gasteiger partial charge in [-0.05, 0) is 43.5 Å². The van der Waals surface area contributed by atoms with Crippen molar-refractivity contribution in [1.82, 2.24) is 5.32 Å². The van der Waals surface area contributed by atoms with Crippen molar-refractivity contribution in [2.24, 2.45) is 0 Å². The zero-order valence-corrected chi connectivity index (χ0v) is 11.2. The first kappa shape index (κ1) is 14.5. The third kappa shape index (κ3) is 5.19. The van der Waals surface area contributed by atoms with E-state index in [1.165, 1.54) is 0 Å². The first-order chi connectivity index (χ1) is 8.77. The summed E-state index contributed by atoms with van der Waals surface area (Å²) in [6, 6.07) is 7.44. The highest BCUT2D eigenvalue weighted by molar-refractivity contribution is 5.94. The molecule has 1 aromatic carbocycles. The fourth-order valence-electron chi connectivity index (χ4n) is 1.64. The first-order valence-corrected chi connectivity index (χ1v) is 6.33. The number of anilines is 1. The predicted molar refractivity (Wildman–Crippen MR) is 74.0 cm³/mol. The van der Waals surface area contributed by atoms with E-state index in [-0.39, 0.29) is 5.91 Å².